The topological polar surface area (TPSA) is 72.3 Å². The number of H-pyrrole nitrogens is 1. The molecular formula is C23H32N4O2. The number of ether oxygens (including phenoxy) is 1. The first kappa shape index (κ1) is 21.1. The Morgan fingerprint density at radius 3 is 2.69 bits per heavy atom. The summed E-state index contributed by atoms with van der Waals surface area (Å²) in [4.78, 5) is 20.5. The SMILES string of the molecule is CCCCCC(CC)Cc1nc(C)c2c(=O)[nH]c(-c3ccccc3OCC)nn12. The van der Waals surface area contributed by atoms with Gasteiger partial charge in [0.2, 0.25) is 0 Å². The average Bonchev–Trinajstić information content (AvgIpc) is 3.03. The average molecular weight is 397 g/mol. The number of unbranched alkanes of at least 4 members (excludes halogenated alkanes) is 2. The number of hydrogen-bond donors (Lipinski definition) is 1. The molecule has 0 spiro atoms. The fourth-order valence-electron chi connectivity index (χ4n) is 3.82. The molecule has 0 aliphatic heterocycles. The van der Waals surface area contributed by atoms with Crippen molar-refractivity contribution in [3.05, 3.63) is 46.1 Å². The minimum atomic E-state index is -0.170. The summed E-state index contributed by atoms with van der Waals surface area (Å²) in [6, 6.07) is 7.64. The zero-order valence-electron chi connectivity index (χ0n) is 18.0. The number of para-hydroxylation sites is 1. The molecule has 2 heterocycles. The molecule has 0 radical (unpaired) electrons. The molecule has 0 amide bonds. The van der Waals surface area contributed by atoms with Crippen molar-refractivity contribution in [2.45, 2.75) is 66.2 Å². The van der Waals surface area contributed by atoms with Crippen molar-refractivity contribution in [2.75, 3.05) is 6.61 Å². The monoisotopic (exact) mass is 396 g/mol. The number of nitrogens with zero attached hydrogens (tertiary/aromatic N) is 3. The second-order valence-corrected chi connectivity index (χ2v) is 7.58. The first-order valence-corrected chi connectivity index (χ1v) is 10.8. The lowest BCUT2D eigenvalue weighted by Gasteiger charge is -2.14. The number of aryl methyl sites for hydroxylation is 1. The predicted molar refractivity (Wildman–Crippen MR) is 117 cm³/mol. The molecule has 2 aromatic heterocycles. The molecule has 0 aliphatic carbocycles. The third-order valence-corrected chi connectivity index (χ3v) is 5.45. The van der Waals surface area contributed by atoms with Gasteiger partial charge in [-0.1, -0.05) is 58.1 Å². The van der Waals surface area contributed by atoms with Gasteiger partial charge in [0.05, 0.1) is 17.9 Å². The van der Waals surface area contributed by atoms with E-state index in [-0.39, 0.29) is 5.56 Å². The first-order valence-electron chi connectivity index (χ1n) is 10.8. The quantitative estimate of drug-likeness (QED) is 0.493. The number of rotatable bonds is 10. The van der Waals surface area contributed by atoms with Crippen LogP contribution in [0.1, 0.15) is 64.4 Å². The Morgan fingerprint density at radius 1 is 1.17 bits per heavy atom. The summed E-state index contributed by atoms with van der Waals surface area (Å²) in [7, 11) is 0. The number of aromatic nitrogens is 4. The Labute approximate surface area is 172 Å². The molecule has 0 saturated carbocycles. The Bertz CT molecular complexity index is 1010. The number of nitrogens with one attached hydrogen (secondary N) is 1. The van der Waals surface area contributed by atoms with Crippen molar-refractivity contribution in [2.24, 2.45) is 5.92 Å². The number of fused-ring (bicyclic) bond motifs is 1. The zero-order chi connectivity index (χ0) is 20.8. The molecular weight excluding hydrogens is 364 g/mol. The van der Waals surface area contributed by atoms with Gasteiger partial charge < -0.3 is 9.72 Å². The van der Waals surface area contributed by atoms with Gasteiger partial charge >= 0.3 is 0 Å². The van der Waals surface area contributed by atoms with Crippen LogP contribution in [0, 0.1) is 12.8 Å². The molecule has 1 atom stereocenters. The summed E-state index contributed by atoms with van der Waals surface area (Å²) in [6.07, 6.45) is 6.83. The summed E-state index contributed by atoms with van der Waals surface area (Å²) >= 11 is 0. The number of imidazole rings is 1. The molecule has 3 rings (SSSR count). The highest BCUT2D eigenvalue weighted by Crippen LogP contribution is 2.27. The third kappa shape index (κ3) is 4.69. The van der Waals surface area contributed by atoms with Gasteiger partial charge in [0, 0.05) is 6.42 Å². The van der Waals surface area contributed by atoms with E-state index in [1.54, 1.807) is 4.52 Å². The van der Waals surface area contributed by atoms with E-state index in [1.807, 2.05) is 38.1 Å². The number of aromatic amines is 1. The Morgan fingerprint density at radius 2 is 1.97 bits per heavy atom. The van der Waals surface area contributed by atoms with Crippen molar-refractivity contribution in [1.82, 2.24) is 19.6 Å². The van der Waals surface area contributed by atoms with Crippen molar-refractivity contribution < 1.29 is 4.74 Å². The second kappa shape index (κ2) is 9.72. The lowest BCUT2D eigenvalue weighted by molar-refractivity contribution is 0.341. The van der Waals surface area contributed by atoms with Crippen LogP contribution in [0.25, 0.3) is 16.9 Å². The molecule has 0 fully saturated rings. The van der Waals surface area contributed by atoms with E-state index in [1.165, 1.54) is 25.7 Å². The van der Waals surface area contributed by atoms with Gasteiger partial charge in [0.1, 0.15) is 11.6 Å². The minimum absolute atomic E-state index is 0.170. The van der Waals surface area contributed by atoms with Gasteiger partial charge in [-0.25, -0.2) is 9.50 Å². The summed E-state index contributed by atoms with van der Waals surface area (Å²) in [5.74, 6) is 2.63. The van der Waals surface area contributed by atoms with Crippen LogP contribution in [0.3, 0.4) is 0 Å². The van der Waals surface area contributed by atoms with Crippen LogP contribution in [0.2, 0.25) is 0 Å². The molecule has 1 aromatic carbocycles. The zero-order valence-corrected chi connectivity index (χ0v) is 18.0. The van der Waals surface area contributed by atoms with E-state index in [0.29, 0.717) is 29.6 Å². The summed E-state index contributed by atoms with van der Waals surface area (Å²) in [5.41, 5.74) is 1.86. The van der Waals surface area contributed by atoms with E-state index in [4.69, 9.17) is 14.8 Å². The highest BCUT2D eigenvalue weighted by Gasteiger charge is 2.19. The van der Waals surface area contributed by atoms with Gasteiger partial charge in [-0.05, 0) is 31.9 Å². The smallest absolute Gasteiger partial charge is 0.277 e. The highest BCUT2D eigenvalue weighted by molar-refractivity contribution is 5.64. The van der Waals surface area contributed by atoms with Crippen LogP contribution in [-0.2, 0) is 6.42 Å². The number of hydrogen-bond acceptors (Lipinski definition) is 4. The summed E-state index contributed by atoms with van der Waals surface area (Å²) in [5, 5.41) is 4.77. The van der Waals surface area contributed by atoms with Crippen LogP contribution in [0.15, 0.2) is 29.1 Å². The van der Waals surface area contributed by atoms with Gasteiger partial charge in [0.15, 0.2) is 11.3 Å². The maximum absolute atomic E-state index is 12.8. The van der Waals surface area contributed by atoms with Crippen molar-refractivity contribution in [3.63, 3.8) is 0 Å². The molecule has 0 aliphatic rings. The van der Waals surface area contributed by atoms with Gasteiger partial charge in [-0.3, -0.25) is 4.79 Å². The van der Waals surface area contributed by atoms with E-state index in [0.717, 1.165) is 29.9 Å². The van der Waals surface area contributed by atoms with Crippen LogP contribution in [-0.4, -0.2) is 26.2 Å². The van der Waals surface area contributed by atoms with Crippen LogP contribution in [0.4, 0.5) is 0 Å². The van der Waals surface area contributed by atoms with Gasteiger partial charge in [-0.2, -0.15) is 0 Å². The third-order valence-electron chi connectivity index (χ3n) is 5.45. The van der Waals surface area contributed by atoms with Crippen molar-refractivity contribution >= 4 is 5.52 Å². The fraction of sp³-hybridized carbons (Fsp3) is 0.522. The minimum Gasteiger partial charge on any atom is -0.493 e. The molecule has 0 saturated heterocycles. The maximum Gasteiger partial charge on any atom is 0.277 e. The maximum atomic E-state index is 12.8. The van der Waals surface area contributed by atoms with Crippen molar-refractivity contribution in [3.8, 4) is 17.1 Å². The Kier molecular flexibility index (Phi) is 7.07. The molecule has 0 bridgehead atoms. The second-order valence-electron chi connectivity index (χ2n) is 7.58. The van der Waals surface area contributed by atoms with E-state index in [9.17, 15) is 4.79 Å². The lowest BCUT2D eigenvalue weighted by atomic mass is 9.95. The highest BCUT2D eigenvalue weighted by atomic mass is 16.5. The molecule has 156 valence electrons. The van der Waals surface area contributed by atoms with Crippen LogP contribution < -0.4 is 10.3 Å². The largest absolute Gasteiger partial charge is 0.493 e. The summed E-state index contributed by atoms with van der Waals surface area (Å²) < 4.78 is 7.47. The Hall–Kier alpha value is -2.63. The predicted octanol–water partition coefficient (Wildman–Crippen LogP) is 4.94. The standard InChI is InChI=1S/C23H32N4O2/c1-5-8-9-12-17(6-2)15-20-24-16(4)21-23(28)25-22(26-27(20)21)18-13-10-11-14-19(18)29-7-3/h10-11,13-14,17H,5-9,12,15H2,1-4H3,(H,25,26,28). The molecule has 1 N–H and O–H groups in total. The van der Waals surface area contributed by atoms with E-state index >= 15 is 0 Å². The van der Waals surface area contributed by atoms with E-state index < -0.39 is 0 Å². The lowest BCUT2D eigenvalue weighted by Crippen LogP contribution is -2.17. The Balaban J connectivity index is 2.02. The molecule has 3 aromatic rings. The number of benzene rings is 1. The normalized spacial score (nSPS) is 12.4. The van der Waals surface area contributed by atoms with Crippen molar-refractivity contribution in [1.29, 1.82) is 0 Å². The first-order chi connectivity index (χ1) is 14.1. The van der Waals surface area contributed by atoms with E-state index in [2.05, 4.69) is 18.8 Å². The molecule has 6 nitrogen and oxygen atoms in total. The van der Waals surface area contributed by atoms with Gasteiger partial charge in [0.25, 0.3) is 5.56 Å². The summed E-state index contributed by atoms with van der Waals surface area (Å²) in [6.45, 7) is 8.82. The molecule has 29 heavy (non-hydrogen) atoms. The fourth-order valence-corrected chi connectivity index (χ4v) is 3.82. The van der Waals surface area contributed by atoms with Gasteiger partial charge in [-0.15, -0.1) is 5.10 Å². The van der Waals surface area contributed by atoms with Crippen LogP contribution in [0.5, 0.6) is 5.75 Å². The molecule has 1 unspecified atom stereocenters. The van der Waals surface area contributed by atoms with Crippen LogP contribution >= 0.6 is 0 Å². The molecule has 6 heteroatoms.